The number of nitrogens with zero attached hydrogens (tertiary/aromatic N) is 1. The molecule has 0 bridgehead atoms. The molecule has 84 valence electrons. The molecule has 0 amide bonds. The van der Waals surface area contributed by atoms with Crippen molar-refractivity contribution in [2.75, 3.05) is 6.61 Å². The van der Waals surface area contributed by atoms with Crippen LogP contribution in [0.15, 0.2) is 16.6 Å². The van der Waals surface area contributed by atoms with Gasteiger partial charge in [-0.2, -0.15) is 5.26 Å². The predicted molar refractivity (Wildman–Crippen MR) is 59.2 cm³/mol. The molecule has 0 radical (unpaired) electrons. The Kier molecular flexibility index (Phi) is 4.44. The van der Waals surface area contributed by atoms with Crippen molar-refractivity contribution in [1.82, 2.24) is 0 Å². The average molecular weight is 286 g/mol. The number of hydrogen-bond acceptors (Lipinski definition) is 3. The van der Waals surface area contributed by atoms with Crippen molar-refractivity contribution < 1.29 is 13.9 Å². The molecule has 0 aliphatic rings. The minimum Gasteiger partial charge on any atom is -0.466 e. The van der Waals surface area contributed by atoms with E-state index in [1.807, 2.05) is 0 Å². The normalized spacial score (nSPS) is 9.62. The second-order valence-electron chi connectivity index (χ2n) is 2.98. The molecule has 0 saturated carbocycles. The number of halogens is 2. The molecule has 0 heterocycles. The minimum absolute atomic E-state index is 0.0810. The number of ether oxygens (including phenoxy) is 1. The Morgan fingerprint density at radius 2 is 2.31 bits per heavy atom. The molecule has 0 saturated heterocycles. The maximum Gasteiger partial charge on any atom is 0.310 e. The fraction of sp³-hybridized carbons (Fsp3) is 0.273. The summed E-state index contributed by atoms with van der Waals surface area (Å²) < 4.78 is 18.8. The summed E-state index contributed by atoms with van der Waals surface area (Å²) in [6.45, 7) is 1.92. The number of rotatable bonds is 3. The third kappa shape index (κ3) is 2.80. The molecule has 0 aliphatic heterocycles. The first-order valence-electron chi connectivity index (χ1n) is 4.62. The topological polar surface area (TPSA) is 50.1 Å². The van der Waals surface area contributed by atoms with Crippen LogP contribution in [-0.4, -0.2) is 12.6 Å². The van der Waals surface area contributed by atoms with Crippen molar-refractivity contribution in [3.63, 3.8) is 0 Å². The van der Waals surface area contributed by atoms with Gasteiger partial charge in [-0.1, -0.05) is 15.9 Å². The van der Waals surface area contributed by atoms with Crippen molar-refractivity contribution in [1.29, 1.82) is 5.26 Å². The van der Waals surface area contributed by atoms with E-state index in [4.69, 9.17) is 10.00 Å². The number of carbonyl (C=O) groups excluding carboxylic acids is 1. The maximum atomic E-state index is 13.7. The number of benzene rings is 1. The Labute approximate surface area is 101 Å². The lowest BCUT2D eigenvalue weighted by molar-refractivity contribution is -0.142. The highest BCUT2D eigenvalue weighted by molar-refractivity contribution is 9.10. The van der Waals surface area contributed by atoms with Gasteiger partial charge >= 0.3 is 5.97 Å². The van der Waals surface area contributed by atoms with Crippen LogP contribution in [0.3, 0.4) is 0 Å². The van der Waals surface area contributed by atoms with E-state index in [-0.39, 0.29) is 24.2 Å². The molecule has 5 heteroatoms. The van der Waals surface area contributed by atoms with Crippen LogP contribution in [0, 0.1) is 17.1 Å². The third-order valence-corrected chi connectivity index (χ3v) is 2.68. The van der Waals surface area contributed by atoms with Crippen molar-refractivity contribution in [3.05, 3.63) is 33.5 Å². The summed E-state index contributed by atoms with van der Waals surface area (Å²) in [4.78, 5) is 11.2. The molecule has 0 fully saturated rings. The monoisotopic (exact) mass is 285 g/mol. The molecule has 0 aromatic heterocycles. The Morgan fingerprint density at radius 3 is 2.88 bits per heavy atom. The Hall–Kier alpha value is -1.41. The molecule has 1 aromatic rings. The van der Waals surface area contributed by atoms with Gasteiger partial charge in [0.1, 0.15) is 11.9 Å². The molecule has 3 nitrogen and oxygen atoms in total. The van der Waals surface area contributed by atoms with Gasteiger partial charge in [-0.25, -0.2) is 4.39 Å². The summed E-state index contributed by atoms with van der Waals surface area (Å²) in [6, 6.07) is 4.61. The van der Waals surface area contributed by atoms with Gasteiger partial charge in [0.25, 0.3) is 0 Å². The lowest BCUT2D eigenvalue weighted by Gasteiger charge is -2.06. The molecule has 1 aromatic carbocycles. The van der Waals surface area contributed by atoms with Crippen LogP contribution in [0.1, 0.15) is 18.1 Å². The van der Waals surface area contributed by atoms with Crippen molar-refractivity contribution >= 4 is 21.9 Å². The van der Waals surface area contributed by atoms with E-state index in [0.717, 1.165) is 0 Å². The molecule has 0 unspecified atom stereocenters. The highest BCUT2D eigenvalue weighted by Gasteiger charge is 2.15. The van der Waals surface area contributed by atoms with Gasteiger partial charge in [-0.05, 0) is 19.1 Å². The summed E-state index contributed by atoms with van der Waals surface area (Å²) in [5.41, 5.74) is 0.0694. The van der Waals surface area contributed by atoms with Gasteiger partial charge in [0.05, 0.1) is 18.6 Å². The Bertz CT molecular complexity index is 454. The van der Waals surface area contributed by atoms with E-state index in [9.17, 15) is 9.18 Å². The predicted octanol–water partition coefficient (Wildman–Crippen LogP) is 2.57. The zero-order valence-electron chi connectivity index (χ0n) is 8.59. The van der Waals surface area contributed by atoms with Crippen LogP contribution in [-0.2, 0) is 16.0 Å². The SMILES string of the molecule is CCOC(=O)Cc1c(Br)ccc(C#N)c1F. The first-order chi connectivity index (χ1) is 7.60. The molecular formula is C11H9BrFNO2. The van der Waals surface area contributed by atoms with Crippen molar-refractivity contribution in [3.8, 4) is 6.07 Å². The third-order valence-electron chi connectivity index (χ3n) is 1.93. The van der Waals surface area contributed by atoms with E-state index in [2.05, 4.69) is 15.9 Å². The highest BCUT2D eigenvalue weighted by Crippen LogP contribution is 2.23. The van der Waals surface area contributed by atoms with E-state index in [1.165, 1.54) is 12.1 Å². The fourth-order valence-electron chi connectivity index (χ4n) is 1.20. The van der Waals surface area contributed by atoms with Gasteiger partial charge in [-0.3, -0.25) is 4.79 Å². The molecule has 16 heavy (non-hydrogen) atoms. The van der Waals surface area contributed by atoms with Crippen molar-refractivity contribution in [2.24, 2.45) is 0 Å². The maximum absolute atomic E-state index is 13.7. The van der Waals surface area contributed by atoms with Crippen LogP contribution < -0.4 is 0 Å². The summed E-state index contributed by atoms with van der Waals surface area (Å²) in [5.74, 6) is -1.19. The Morgan fingerprint density at radius 1 is 1.62 bits per heavy atom. The molecule has 0 spiro atoms. The summed E-state index contributed by atoms with van der Waals surface area (Å²) in [5, 5.41) is 8.65. The lowest BCUT2D eigenvalue weighted by atomic mass is 10.1. The fourth-order valence-corrected chi connectivity index (χ4v) is 1.65. The zero-order valence-corrected chi connectivity index (χ0v) is 10.2. The molecule has 0 atom stereocenters. The molecule has 0 N–H and O–H groups in total. The number of hydrogen-bond donors (Lipinski definition) is 0. The second kappa shape index (κ2) is 5.61. The van der Waals surface area contributed by atoms with Crippen molar-refractivity contribution in [2.45, 2.75) is 13.3 Å². The smallest absolute Gasteiger partial charge is 0.310 e. The molecule has 0 aliphatic carbocycles. The largest absolute Gasteiger partial charge is 0.466 e. The van der Waals surface area contributed by atoms with Crippen LogP contribution in [0.2, 0.25) is 0 Å². The van der Waals surface area contributed by atoms with Gasteiger partial charge in [0.2, 0.25) is 0 Å². The molecule has 1 rings (SSSR count). The van der Waals surface area contributed by atoms with E-state index < -0.39 is 11.8 Å². The number of nitriles is 1. The van der Waals surface area contributed by atoms with Gasteiger partial charge in [0.15, 0.2) is 0 Å². The summed E-state index contributed by atoms with van der Waals surface area (Å²) in [6.07, 6.45) is -0.185. The van der Waals surface area contributed by atoms with Gasteiger partial charge in [-0.15, -0.1) is 0 Å². The first kappa shape index (κ1) is 12.7. The van der Waals surface area contributed by atoms with Crippen LogP contribution in [0.25, 0.3) is 0 Å². The van der Waals surface area contributed by atoms with E-state index >= 15 is 0 Å². The summed E-state index contributed by atoms with van der Waals surface area (Å²) in [7, 11) is 0. The van der Waals surface area contributed by atoms with Gasteiger partial charge < -0.3 is 4.74 Å². The average Bonchev–Trinajstić information content (AvgIpc) is 2.25. The molecular weight excluding hydrogens is 277 g/mol. The zero-order chi connectivity index (χ0) is 12.1. The van der Waals surface area contributed by atoms with Gasteiger partial charge in [0, 0.05) is 10.0 Å². The minimum atomic E-state index is -0.676. The van der Waals surface area contributed by atoms with Crippen LogP contribution >= 0.6 is 15.9 Å². The van der Waals surface area contributed by atoms with Crippen LogP contribution in [0.5, 0.6) is 0 Å². The Balaban J connectivity index is 3.04. The van der Waals surface area contributed by atoms with E-state index in [0.29, 0.717) is 4.47 Å². The number of esters is 1. The summed E-state index contributed by atoms with van der Waals surface area (Å²) >= 11 is 3.13. The standard InChI is InChI=1S/C11H9BrFNO2/c1-2-16-10(15)5-8-9(12)4-3-7(6-14)11(8)13/h3-4H,2,5H2,1H3. The number of carbonyl (C=O) groups is 1. The quantitative estimate of drug-likeness (QED) is 0.802. The second-order valence-corrected chi connectivity index (χ2v) is 3.84. The van der Waals surface area contributed by atoms with Crippen LogP contribution in [0.4, 0.5) is 4.39 Å². The highest BCUT2D eigenvalue weighted by atomic mass is 79.9. The first-order valence-corrected chi connectivity index (χ1v) is 5.42. The lowest BCUT2D eigenvalue weighted by Crippen LogP contribution is -2.10. The van der Waals surface area contributed by atoms with E-state index in [1.54, 1.807) is 13.0 Å².